The first kappa shape index (κ1) is 13.5. The maximum Gasteiger partial charge on any atom is 0.0874 e. The lowest BCUT2D eigenvalue weighted by Gasteiger charge is -2.24. The van der Waals surface area contributed by atoms with E-state index in [1.165, 1.54) is 27.7 Å². The van der Waals surface area contributed by atoms with E-state index in [2.05, 4.69) is 34.7 Å². The molecule has 3 aromatic rings. The lowest BCUT2D eigenvalue weighted by molar-refractivity contribution is 0.310. The van der Waals surface area contributed by atoms with Gasteiger partial charge in [0.1, 0.15) is 0 Å². The number of rotatable bonds is 0. The molecular weight excluding hydrogens is 304 g/mol. The van der Waals surface area contributed by atoms with Crippen LogP contribution in [-0.2, 0) is 30.3 Å². The maximum absolute atomic E-state index is 13.2. The molecule has 2 aliphatic heterocycles. The van der Waals surface area contributed by atoms with Crippen LogP contribution in [0.5, 0.6) is 0 Å². The Bertz CT molecular complexity index is 973. The summed E-state index contributed by atoms with van der Waals surface area (Å²) in [5.74, 6) is 0. The number of nitrogens with zero attached hydrogens (tertiary/aromatic N) is 2. The number of benzene rings is 2. The second-order valence-electron chi connectivity index (χ2n) is 6.53. The van der Waals surface area contributed by atoms with E-state index < -0.39 is 10.8 Å². The molecule has 0 radical (unpaired) electrons. The minimum absolute atomic E-state index is 0.828. The van der Waals surface area contributed by atoms with Gasteiger partial charge in [0, 0.05) is 42.0 Å². The van der Waals surface area contributed by atoms with Gasteiger partial charge in [0.2, 0.25) is 0 Å². The minimum atomic E-state index is -1.10. The molecule has 2 aliphatic rings. The Balaban J connectivity index is 1.89. The number of hydrogen-bond donors (Lipinski definition) is 0. The Hall–Kier alpha value is -1.91. The van der Waals surface area contributed by atoms with Crippen molar-refractivity contribution in [3.05, 3.63) is 59.3 Å². The van der Waals surface area contributed by atoms with Gasteiger partial charge in [-0.2, -0.15) is 0 Å². The van der Waals surface area contributed by atoms with Gasteiger partial charge in [0.25, 0.3) is 0 Å². The molecule has 0 bridgehead atoms. The van der Waals surface area contributed by atoms with Crippen LogP contribution in [0.2, 0.25) is 0 Å². The van der Waals surface area contributed by atoms with E-state index in [1.54, 1.807) is 0 Å². The van der Waals surface area contributed by atoms with E-state index in [4.69, 9.17) is 0 Å². The monoisotopic (exact) mass is 322 g/mol. The highest BCUT2D eigenvalue weighted by Crippen LogP contribution is 2.38. The smallest absolute Gasteiger partial charge is 0.0874 e. The highest BCUT2D eigenvalue weighted by Gasteiger charge is 2.28. The molecule has 1 aromatic heterocycles. The van der Waals surface area contributed by atoms with E-state index in [-0.39, 0.29) is 0 Å². The van der Waals surface area contributed by atoms with Crippen LogP contribution in [0.25, 0.3) is 10.9 Å². The molecule has 3 heterocycles. The van der Waals surface area contributed by atoms with Crippen LogP contribution in [0.4, 0.5) is 0 Å². The SMILES string of the molecule is CN1CCc2c(c3cccc4c3n2Cc2ccccc2S4=O)C1. The van der Waals surface area contributed by atoms with Crippen LogP contribution in [0.15, 0.2) is 52.3 Å². The largest absolute Gasteiger partial charge is 0.339 e. The molecule has 5 rings (SSSR count). The summed E-state index contributed by atoms with van der Waals surface area (Å²) in [5.41, 5.74) is 5.22. The van der Waals surface area contributed by atoms with Gasteiger partial charge in [0.15, 0.2) is 0 Å². The molecule has 2 aromatic carbocycles. The minimum Gasteiger partial charge on any atom is -0.339 e. The van der Waals surface area contributed by atoms with Crippen molar-refractivity contribution in [2.45, 2.75) is 29.3 Å². The van der Waals surface area contributed by atoms with E-state index in [0.717, 1.165) is 35.8 Å². The zero-order chi connectivity index (χ0) is 15.6. The van der Waals surface area contributed by atoms with E-state index in [0.29, 0.717) is 0 Å². The van der Waals surface area contributed by atoms with Crippen LogP contribution in [0, 0.1) is 0 Å². The fourth-order valence-electron chi connectivity index (χ4n) is 4.03. The van der Waals surface area contributed by atoms with Crippen molar-refractivity contribution in [3.63, 3.8) is 0 Å². The number of fused-ring (bicyclic) bond motifs is 4. The van der Waals surface area contributed by atoms with E-state index >= 15 is 0 Å². The molecule has 23 heavy (non-hydrogen) atoms. The van der Waals surface area contributed by atoms with Gasteiger partial charge in [0.05, 0.1) is 21.2 Å². The number of aromatic nitrogens is 1. The quantitative estimate of drug-likeness (QED) is 0.497. The molecule has 1 unspecified atom stereocenters. The number of para-hydroxylation sites is 1. The fourth-order valence-corrected chi connectivity index (χ4v) is 5.44. The molecule has 4 heteroatoms. The zero-order valence-corrected chi connectivity index (χ0v) is 13.9. The maximum atomic E-state index is 13.2. The van der Waals surface area contributed by atoms with E-state index in [9.17, 15) is 4.21 Å². The van der Waals surface area contributed by atoms with Gasteiger partial charge >= 0.3 is 0 Å². The summed E-state index contributed by atoms with van der Waals surface area (Å²) in [4.78, 5) is 4.30. The van der Waals surface area contributed by atoms with Crippen LogP contribution < -0.4 is 0 Å². The molecule has 1 atom stereocenters. The van der Waals surface area contributed by atoms with Crippen LogP contribution in [0.3, 0.4) is 0 Å². The lowest BCUT2D eigenvalue weighted by Crippen LogP contribution is -2.27. The highest BCUT2D eigenvalue weighted by molar-refractivity contribution is 7.85. The standard InChI is InChI=1S/C19H18N2OS/c1-20-10-9-16-15(12-20)14-6-4-8-18-19(14)21(16)11-13-5-2-3-7-17(13)23(18)22/h2-8H,9-12H2,1H3. The molecule has 0 saturated carbocycles. The molecule has 3 nitrogen and oxygen atoms in total. The Kier molecular flexibility index (Phi) is 2.82. The third kappa shape index (κ3) is 1.82. The summed E-state index contributed by atoms with van der Waals surface area (Å²) in [6.07, 6.45) is 1.06. The van der Waals surface area contributed by atoms with Gasteiger partial charge in [-0.15, -0.1) is 0 Å². The van der Waals surface area contributed by atoms with Crippen molar-refractivity contribution in [1.82, 2.24) is 9.47 Å². The first-order valence-corrected chi connectivity index (χ1v) is 9.20. The number of hydrogen-bond acceptors (Lipinski definition) is 2. The Morgan fingerprint density at radius 2 is 1.83 bits per heavy atom. The van der Waals surface area contributed by atoms with Crippen LogP contribution in [0.1, 0.15) is 16.8 Å². The van der Waals surface area contributed by atoms with Gasteiger partial charge < -0.3 is 9.47 Å². The Morgan fingerprint density at radius 3 is 2.74 bits per heavy atom. The van der Waals surface area contributed by atoms with Crippen molar-refractivity contribution in [2.24, 2.45) is 0 Å². The summed E-state index contributed by atoms with van der Waals surface area (Å²) >= 11 is 0. The average molecular weight is 322 g/mol. The predicted octanol–water partition coefficient (Wildman–Crippen LogP) is 3.16. The molecule has 0 saturated heterocycles. The molecule has 0 amide bonds. The molecule has 0 N–H and O–H groups in total. The summed E-state index contributed by atoms with van der Waals surface area (Å²) in [5, 5.41) is 1.28. The highest BCUT2D eigenvalue weighted by atomic mass is 32.2. The summed E-state index contributed by atoms with van der Waals surface area (Å²) < 4.78 is 15.6. The van der Waals surface area contributed by atoms with Crippen LogP contribution in [-0.4, -0.2) is 27.3 Å². The van der Waals surface area contributed by atoms with Crippen molar-refractivity contribution >= 4 is 21.7 Å². The van der Waals surface area contributed by atoms with Crippen LogP contribution >= 0.6 is 0 Å². The molecule has 0 aliphatic carbocycles. The Morgan fingerprint density at radius 1 is 1.00 bits per heavy atom. The molecule has 0 spiro atoms. The number of likely N-dealkylation sites (N-methyl/N-ethyl adjacent to an activating group) is 1. The average Bonchev–Trinajstić information content (AvgIpc) is 2.81. The lowest BCUT2D eigenvalue weighted by atomic mass is 10.1. The van der Waals surface area contributed by atoms with Gasteiger partial charge in [-0.05, 0) is 30.3 Å². The topological polar surface area (TPSA) is 25.2 Å². The Labute approximate surface area is 138 Å². The molecule has 0 fully saturated rings. The summed E-state index contributed by atoms with van der Waals surface area (Å²) in [6, 6.07) is 14.5. The summed E-state index contributed by atoms with van der Waals surface area (Å²) in [7, 11) is 1.07. The molecular formula is C19H18N2OS. The van der Waals surface area contributed by atoms with Gasteiger partial charge in [-0.25, -0.2) is 4.21 Å². The second-order valence-corrected chi connectivity index (χ2v) is 7.95. The summed E-state index contributed by atoms with van der Waals surface area (Å²) in [6.45, 7) is 2.90. The second kappa shape index (κ2) is 4.79. The third-order valence-corrected chi connectivity index (χ3v) is 6.65. The first-order valence-electron chi connectivity index (χ1n) is 8.05. The van der Waals surface area contributed by atoms with Gasteiger partial charge in [-0.3, -0.25) is 0 Å². The first-order chi connectivity index (χ1) is 11.2. The molecule has 116 valence electrons. The van der Waals surface area contributed by atoms with Gasteiger partial charge in [-0.1, -0.05) is 30.3 Å². The van der Waals surface area contributed by atoms with Crippen molar-refractivity contribution < 1.29 is 4.21 Å². The fraction of sp³-hybridized carbons (Fsp3) is 0.263. The van der Waals surface area contributed by atoms with Crippen molar-refractivity contribution in [2.75, 3.05) is 13.6 Å². The van der Waals surface area contributed by atoms with E-state index in [1.807, 2.05) is 24.3 Å². The van der Waals surface area contributed by atoms with Crippen molar-refractivity contribution in [1.29, 1.82) is 0 Å². The zero-order valence-electron chi connectivity index (χ0n) is 13.1. The van der Waals surface area contributed by atoms with Crippen molar-refractivity contribution in [3.8, 4) is 0 Å². The predicted molar refractivity (Wildman–Crippen MR) is 92.2 cm³/mol. The third-order valence-electron chi connectivity index (χ3n) is 5.13. The normalized spacial score (nSPS) is 20.1.